The first-order valence-corrected chi connectivity index (χ1v) is 6.49. The van der Waals surface area contributed by atoms with Gasteiger partial charge in [-0.05, 0) is 13.3 Å². The van der Waals surface area contributed by atoms with E-state index in [1.165, 1.54) is 0 Å². The van der Waals surface area contributed by atoms with Crippen molar-refractivity contribution in [2.45, 2.75) is 33.2 Å². The molecule has 19 heavy (non-hydrogen) atoms. The third-order valence-corrected chi connectivity index (χ3v) is 2.39. The number of esters is 1. The summed E-state index contributed by atoms with van der Waals surface area (Å²) in [7, 11) is 0. The van der Waals surface area contributed by atoms with E-state index in [1.54, 1.807) is 13.0 Å². The van der Waals surface area contributed by atoms with Gasteiger partial charge in [0.25, 0.3) is 0 Å². The van der Waals surface area contributed by atoms with Crippen LogP contribution in [0.2, 0.25) is 0 Å². The number of aryl methyl sites for hydroxylation is 1. The van der Waals surface area contributed by atoms with E-state index >= 15 is 0 Å². The fourth-order valence-corrected chi connectivity index (χ4v) is 1.63. The van der Waals surface area contributed by atoms with Crippen molar-refractivity contribution in [1.29, 1.82) is 0 Å². The van der Waals surface area contributed by atoms with E-state index in [4.69, 9.17) is 9.26 Å². The zero-order chi connectivity index (χ0) is 14.1. The summed E-state index contributed by atoms with van der Waals surface area (Å²) in [6, 6.07) is 0. The van der Waals surface area contributed by atoms with E-state index in [-0.39, 0.29) is 12.5 Å². The van der Waals surface area contributed by atoms with Crippen molar-refractivity contribution in [3.63, 3.8) is 0 Å². The summed E-state index contributed by atoms with van der Waals surface area (Å²) in [5.74, 6) is 0.944. The summed E-state index contributed by atoms with van der Waals surface area (Å²) in [6.45, 7) is 9.05. The molecular formula is C13H21N3O3. The van der Waals surface area contributed by atoms with Crippen LogP contribution in [0.3, 0.4) is 0 Å². The van der Waals surface area contributed by atoms with Crippen LogP contribution in [0.1, 0.15) is 32.0 Å². The van der Waals surface area contributed by atoms with Gasteiger partial charge in [0.15, 0.2) is 5.82 Å². The molecule has 1 rings (SSSR count). The maximum atomic E-state index is 11.5. The minimum Gasteiger partial charge on any atom is -0.465 e. The zero-order valence-electron chi connectivity index (χ0n) is 11.6. The Morgan fingerprint density at radius 3 is 2.95 bits per heavy atom. The number of hydrogen-bond donors (Lipinski definition) is 0. The van der Waals surface area contributed by atoms with Crippen molar-refractivity contribution in [3.05, 3.63) is 24.4 Å². The van der Waals surface area contributed by atoms with Crippen molar-refractivity contribution >= 4 is 5.97 Å². The normalized spacial score (nSPS) is 10.7. The second-order valence-corrected chi connectivity index (χ2v) is 4.12. The zero-order valence-corrected chi connectivity index (χ0v) is 11.6. The standard InChI is InChI=1S/C13H21N3O3/c1-4-7-11-14-12(19-15-11)9-16(8-5-2)10-13(17)18-6-3/h5H,2,4,6-10H2,1,3H3. The minimum absolute atomic E-state index is 0.186. The average molecular weight is 267 g/mol. The molecule has 0 bridgehead atoms. The first kappa shape index (κ1) is 15.4. The Bertz CT molecular complexity index is 404. The molecule has 0 fully saturated rings. The van der Waals surface area contributed by atoms with Crippen molar-refractivity contribution in [3.8, 4) is 0 Å². The number of ether oxygens (including phenoxy) is 1. The summed E-state index contributed by atoms with van der Waals surface area (Å²) < 4.78 is 10.1. The molecule has 106 valence electrons. The summed E-state index contributed by atoms with van der Waals surface area (Å²) in [5, 5.41) is 3.88. The molecule has 0 saturated heterocycles. The SMILES string of the molecule is C=CCN(CC(=O)OCC)Cc1nc(CCC)no1. The number of carbonyl (C=O) groups excluding carboxylic acids is 1. The molecular weight excluding hydrogens is 246 g/mol. The lowest BCUT2D eigenvalue weighted by atomic mass is 10.3. The van der Waals surface area contributed by atoms with Crippen molar-refractivity contribution in [1.82, 2.24) is 15.0 Å². The third kappa shape index (κ3) is 5.65. The minimum atomic E-state index is -0.266. The van der Waals surface area contributed by atoms with E-state index in [0.29, 0.717) is 31.4 Å². The van der Waals surface area contributed by atoms with E-state index in [2.05, 4.69) is 23.6 Å². The van der Waals surface area contributed by atoms with Gasteiger partial charge in [-0.15, -0.1) is 6.58 Å². The van der Waals surface area contributed by atoms with Gasteiger partial charge < -0.3 is 9.26 Å². The Hall–Kier alpha value is -1.69. The van der Waals surface area contributed by atoms with Crippen LogP contribution in [0.25, 0.3) is 0 Å². The van der Waals surface area contributed by atoms with E-state index in [0.717, 1.165) is 12.8 Å². The molecule has 0 aliphatic rings. The molecule has 6 heteroatoms. The lowest BCUT2D eigenvalue weighted by Crippen LogP contribution is -2.31. The van der Waals surface area contributed by atoms with Crippen LogP contribution in [-0.2, 0) is 22.5 Å². The first-order valence-electron chi connectivity index (χ1n) is 6.49. The molecule has 1 heterocycles. The van der Waals surface area contributed by atoms with Gasteiger partial charge in [-0.3, -0.25) is 9.69 Å². The van der Waals surface area contributed by atoms with Crippen molar-refractivity contribution in [2.24, 2.45) is 0 Å². The van der Waals surface area contributed by atoms with Crippen LogP contribution in [0, 0.1) is 0 Å². The highest BCUT2D eigenvalue weighted by molar-refractivity contribution is 5.71. The predicted molar refractivity (Wildman–Crippen MR) is 70.4 cm³/mol. The number of carbonyl (C=O) groups is 1. The molecule has 1 aromatic heterocycles. The van der Waals surface area contributed by atoms with Crippen molar-refractivity contribution in [2.75, 3.05) is 19.7 Å². The Kier molecular flexibility index (Phi) is 6.81. The van der Waals surface area contributed by atoms with E-state index in [9.17, 15) is 4.79 Å². The highest BCUT2D eigenvalue weighted by Crippen LogP contribution is 2.05. The summed E-state index contributed by atoms with van der Waals surface area (Å²) in [5.41, 5.74) is 0. The van der Waals surface area contributed by atoms with Crippen LogP contribution in [-0.4, -0.2) is 40.7 Å². The third-order valence-electron chi connectivity index (χ3n) is 2.39. The number of hydrogen-bond acceptors (Lipinski definition) is 6. The average Bonchev–Trinajstić information content (AvgIpc) is 2.77. The Morgan fingerprint density at radius 2 is 2.32 bits per heavy atom. The monoisotopic (exact) mass is 267 g/mol. The Balaban J connectivity index is 2.55. The molecule has 1 aromatic rings. The largest absolute Gasteiger partial charge is 0.465 e. The summed E-state index contributed by atoms with van der Waals surface area (Å²) >= 11 is 0. The highest BCUT2D eigenvalue weighted by Gasteiger charge is 2.14. The molecule has 0 aromatic carbocycles. The lowest BCUT2D eigenvalue weighted by Gasteiger charge is -2.16. The smallest absolute Gasteiger partial charge is 0.320 e. The Morgan fingerprint density at radius 1 is 1.53 bits per heavy atom. The fraction of sp³-hybridized carbons (Fsp3) is 0.615. The van der Waals surface area contributed by atoms with Crippen LogP contribution in [0.4, 0.5) is 0 Å². The van der Waals surface area contributed by atoms with Gasteiger partial charge in [0.1, 0.15) is 0 Å². The van der Waals surface area contributed by atoms with Gasteiger partial charge in [0.05, 0.1) is 19.7 Å². The molecule has 0 aliphatic heterocycles. The van der Waals surface area contributed by atoms with Gasteiger partial charge in [-0.1, -0.05) is 18.2 Å². The van der Waals surface area contributed by atoms with Gasteiger partial charge in [0.2, 0.25) is 5.89 Å². The molecule has 0 amide bonds. The number of nitrogens with zero attached hydrogens (tertiary/aromatic N) is 3. The first-order chi connectivity index (χ1) is 9.19. The fourth-order valence-electron chi connectivity index (χ4n) is 1.63. The van der Waals surface area contributed by atoms with Gasteiger partial charge in [0, 0.05) is 13.0 Å². The van der Waals surface area contributed by atoms with E-state index < -0.39 is 0 Å². The predicted octanol–water partition coefficient (Wildman–Crippen LogP) is 1.57. The summed E-state index contributed by atoms with van der Waals surface area (Å²) in [6.07, 6.45) is 3.49. The topological polar surface area (TPSA) is 68.5 Å². The molecule has 6 nitrogen and oxygen atoms in total. The molecule has 0 unspecified atom stereocenters. The molecule has 0 spiro atoms. The van der Waals surface area contributed by atoms with Gasteiger partial charge in [-0.25, -0.2) is 0 Å². The second-order valence-electron chi connectivity index (χ2n) is 4.12. The maximum Gasteiger partial charge on any atom is 0.320 e. The highest BCUT2D eigenvalue weighted by atomic mass is 16.5. The van der Waals surface area contributed by atoms with E-state index in [1.807, 2.05) is 4.90 Å². The van der Waals surface area contributed by atoms with Crippen molar-refractivity contribution < 1.29 is 14.1 Å². The van der Waals surface area contributed by atoms with Gasteiger partial charge >= 0.3 is 5.97 Å². The van der Waals surface area contributed by atoms with Crippen LogP contribution in [0.15, 0.2) is 17.2 Å². The lowest BCUT2D eigenvalue weighted by molar-refractivity contribution is -0.144. The van der Waals surface area contributed by atoms with Crippen LogP contribution < -0.4 is 0 Å². The van der Waals surface area contributed by atoms with Crippen LogP contribution in [0.5, 0.6) is 0 Å². The molecule has 0 aliphatic carbocycles. The molecule has 0 saturated carbocycles. The molecule has 0 radical (unpaired) electrons. The summed E-state index contributed by atoms with van der Waals surface area (Å²) in [4.78, 5) is 17.6. The maximum absolute atomic E-state index is 11.5. The molecule has 0 N–H and O–H groups in total. The number of aromatic nitrogens is 2. The Labute approximate surface area is 113 Å². The number of rotatable bonds is 9. The molecule has 0 atom stereocenters. The van der Waals surface area contributed by atoms with Gasteiger partial charge in [-0.2, -0.15) is 4.98 Å². The second kappa shape index (κ2) is 8.42. The van der Waals surface area contributed by atoms with Crippen LogP contribution >= 0.6 is 0 Å². The quantitative estimate of drug-likeness (QED) is 0.500.